The van der Waals surface area contributed by atoms with E-state index in [4.69, 9.17) is 0 Å². The summed E-state index contributed by atoms with van der Waals surface area (Å²) in [7, 11) is 0. The fraction of sp³-hybridized carbons (Fsp3) is 0.533. The lowest BCUT2D eigenvalue weighted by molar-refractivity contribution is -0.920. The number of amides is 1. The molecule has 0 radical (unpaired) electrons. The Morgan fingerprint density at radius 3 is 2.71 bits per heavy atom. The molecule has 1 aliphatic rings. The fourth-order valence-electron chi connectivity index (χ4n) is 2.76. The first-order valence-electron chi connectivity index (χ1n) is 7.18. The van der Waals surface area contributed by atoms with Crippen molar-refractivity contribution in [2.75, 3.05) is 18.4 Å². The van der Waals surface area contributed by atoms with Gasteiger partial charge in [0.05, 0.1) is 23.8 Å². The highest BCUT2D eigenvalue weighted by atomic mass is 19.4. The van der Waals surface area contributed by atoms with Crippen molar-refractivity contribution >= 4 is 11.6 Å². The van der Waals surface area contributed by atoms with Gasteiger partial charge < -0.3 is 10.2 Å². The second kappa shape index (κ2) is 6.47. The number of quaternary nitrogens is 1. The number of nitrogens with one attached hydrogen (secondary N) is 2. The first-order chi connectivity index (χ1) is 9.88. The zero-order chi connectivity index (χ0) is 15.5. The van der Waals surface area contributed by atoms with Crippen LogP contribution < -0.4 is 10.2 Å². The summed E-state index contributed by atoms with van der Waals surface area (Å²) >= 11 is 0. The summed E-state index contributed by atoms with van der Waals surface area (Å²) in [5.41, 5.74) is -0.973. The van der Waals surface area contributed by atoms with E-state index in [0.29, 0.717) is 6.04 Å². The van der Waals surface area contributed by atoms with Gasteiger partial charge in [-0.1, -0.05) is 12.1 Å². The van der Waals surface area contributed by atoms with E-state index >= 15 is 0 Å². The number of hydrogen-bond acceptors (Lipinski definition) is 1. The van der Waals surface area contributed by atoms with Crippen molar-refractivity contribution in [3.63, 3.8) is 0 Å². The quantitative estimate of drug-likeness (QED) is 0.881. The maximum Gasteiger partial charge on any atom is 0.418 e. The molecule has 116 valence electrons. The first kappa shape index (κ1) is 15.8. The Kier molecular flexibility index (Phi) is 4.88. The number of rotatable bonds is 3. The Labute approximate surface area is 122 Å². The number of likely N-dealkylation sites (tertiary alicyclic amines) is 1. The average Bonchev–Trinajstić information content (AvgIpc) is 2.41. The molecule has 0 saturated carbocycles. The highest BCUT2D eigenvalue weighted by Crippen LogP contribution is 2.34. The number of hydrogen-bond donors (Lipinski definition) is 2. The minimum atomic E-state index is -4.46. The van der Waals surface area contributed by atoms with Crippen LogP contribution in [0.1, 0.15) is 31.7 Å². The van der Waals surface area contributed by atoms with Crippen molar-refractivity contribution in [3.8, 4) is 0 Å². The Morgan fingerprint density at radius 2 is 2.05 bits per heavy atom. The predicted molar refractivity (Wildman–Crippen MR) is 74.1 cm³/mol. The molecule has 1 heterocycles. The largest absolute Gasteiger partial charge is 0.418 e. The van der Waals surface area contributed by atoms with E-state index in [1.807, 2.05) is 0 Å². The smallest absolute Gasteiger partial charge is 0.325 e. The summed E-state index contributed by atoms with van der Waals surface area (Å²) in [6.45, 7) is 3.19. The minimum Gasteiger partial charge on any atom is -0.325 e. The first-order valence-corrected chi connectivity index (χ1v) is 7.18. The van der Waals surface area contributed by atoms with Crippen LogP contribution in [-0.4, -0.2) is 25.0 Å². The molecule has 1 aliphatic heterocycles. The second-order valence-corrected chi connectivity index (χ2v) is 5.57. The third-order valence-corrected chi connectivity index (χ3v) is 3.98. The van der Waals surface area contributed by atoms with Gasteiger partial charge in [0.1, 0.15) is 0 Å². The number of alkyl halides is 3. The van der Waals surface area contributed by atoms with E-state index in [9.17, 15) is 18.0 Å². The maximum atomic E-state index is 12.9. The van der Waals surface area contributed by atoms with Gasteiger partial charge in [-0.05, 0) is 38.3 Å². The highest BCUT2D eigenvalue weighted by Gasteiger charge is 2.34. The summed E-state index contributed by atoms with van der Waals surface area (Å²) in [5.74, 6) is -0.365. The van der Waals surface area contributed by atoms with E-state index in [-0.39, 0.29) is 18.1 Å². The van der Waals surface area contributed by atoms with Crippen molar-refractivity contribution in [3.05, 3.63) is 29.8 Å². The molecule has 1 unspecified atom stereocenters. The Morgan fingerprint density at radius 1 is 1.33 bits per heavy atom. The molecular formula is C15H20F3N2O+. The third-order valence-electron chi connectivity index (χ3n) is 3.98. The van der Waals surface area contributed by atoms with Crippen LogP contribution in [0.4, 0.5) is 18.9 Å². The number of piperidine rings is 1. The molecule has 3 nitrogen and oxygen atoms in total. The van der Waals surface area contributed by atoms with E-state index < -0.39 is 11.7 Å². The van der Waals surface area contributed by atoms with Gasteiger partial charge in [0.15, 0.2) is 6.54 Å². The van der Waals surface area contributed by atoms with Gasteiger partial charge in [-0.3, -0.25) is 4.79 Å². The molecular weight excluding hydrogens is 281 g/mol. The number of carbonyl (C=O) groups excluding carboxylic acids is 1. The molecule has 1 saturated heterocycles. The molecule has 2 rings (SSSR count). The predicted octanol–water partition coefficient (Wildman–Crippen LogP) is 2.10. The van der Waals surface area contributed by atoms with E-state index in [2.05, 4.69) is 12.2 Å². The number of benzene rings is 1. The maximum absolute atomic E-state index is 12.9. The van der Waals surface area contributed by atoms with Gasteiger partial charge in [0, 0.05) is 0 Å². The van der Waals surface area contributed by atoms with Gasteiger partial charge in [-0.25, -0.2) is 0 Å². The topological polar surface area (TPSA) is 33.5 Å². The van der Waals surface area contributed by atoms with Crippen LogP contribution in [0.3, 0.4) is 0 Å². The molecule has 2 atom stereocenters. The van der Waals surface area contributed by atoms with Crippen LogP contribution in [0.15, 0.2) is 24.3 Å². The molecule has 0 bridgehead atoms. The summed E-state index contributed by atoms with van der Waals surface area (Å²) < 4.78 is 38.6. The van der Waals surface area contributed by atoms with Crippen LogP contribution in [0.5, 0.6) is 0 Å². The molecule has 1 fully saturated rings. The van der Waals surface area contributed by atoms with Gasteiger partial charge >= 0.3 is 6.18 Å². The minimum absolute atomic E-state index is 0.168. The summed E-state index contributed by atoms with van der Waals surface area (Å²) in [4.78, 5) is 13.1. The van der Waals surface area contributed by atoms with Crippen molar-refractivity contribution < 1.29 is 22.9 Å². The Bertz CT molecular complexity index is 502. The fourth-order valence-corrected chi connectivity index (χ4v) is 2.76. The van der Waals surface area contributed by atoms with Gasteiger partial charge in [0.25, 0.3) is 5.91 Å². The van der Waals surface area contributed by atoms with Crippen LogP contribution in [0.2, 0.25) is 0 Å². The summed E-state index contributed by atoms with van der Waals surface area (Å²) in [6.07, 6.45) is -1.19. The molecule has 1 aromatic carbocycles. The van der Waals surface area contributed by atoms with Gasteiger partial charge in [-0.2, -0.15) is 13.2 Å². The molecule has 21 heavy (non-hydrogen) atoms. The average molecular weight is 301 g/mol. The van der Waals surface area contributed by atoms with Crippen LogP contribution in [-0.2, 0) is 11.0 Å². The van der Waals surface area contributed by atoms with E-state index in [0.717, 1.165) is 36.8 Å². The van der Waals surface area contributed by atoms with E-state index in [1.165, 1.54) is 18.2 Å². The van der Waals surface area contributed by atoms with Crippen molar-refractivity contribution in [1.82, 2.24) is 0 Å². The van der Waals surface area contributed by atoms with Gasteiger partial charge in [-0.15, -0.1) is 0 Å². The number of halogens is 3. The standard InChI is InChI=1S/C15H19F3N2O/c1-11-6-4-5-9-20(11)10-14(21)19-13-8-3-2-7-12(13)15(16,17)18/h2-3,7-8,11H,4-6,9-10H2,1H3,(H,19,21)/p+1/t11-/m1/s1. The monoisotopic (exact) mass is 301 g/mol. The summed E-state index contributed by atoms with van der Waals surface area (Å²) in [6, 6.07) is 5.45. The number of anilines is 1. The number of carbonyl (C=O) groups is 1. The molecule has 0 aromatic heterocycles. The molecule has 0 aliphatic carbocycles. The van der Waals surface area contributed by atoms with Crippen molar-refractivity contribution in [2.45, 2.75) is 38.4 Å². The van der Waals surface area contributed by atoms with Gasteiger partial charge in [0.2, 0.25) is 0 Å². The zero-order valence-corrected chi connectivity index (χ0v) is 12.0. The lowest BCUT2D eigenvalue weighted by Crippen LogP contribution is -3.17. The Balaban J connectivity index is 2.03. The van der Waals surface area contributed by atoms with Crippen LogP contribution >= 0.6 is 0 Å². The third kappa shape index (κ3) is 4.20. The second-order valence-electron chi connectivity index (χ2n) is 5.57. The molecule has 0 spiro atoms. The normalized spacial score (nSPS) is 22.9. The summed E-state index contributed by atoms with van der Waals surface area (Å²) in [5, 5.41) is 2.41. The SMILES string of the molecule is C[C@@H]1CCCC[NH+]1CC(=O)Nc1ccccc1C(F)(F)F. The van der Waals surface area contributed by atoms with Crippen LogP contribution in [0.25, 0.3) is 0 Å². The molecule has 6 heteroatoms. The Hall–Kier alpha value is -1.56. The number of para-hydroxylation sites is 1. The molecule has 1 amide bonds. The molecule has 2 N–H and O–H groups in total. The lowest BCUT2D eigenvalue weighted by atomic mass is 10.0. The molecule has 1 aromatic rings. The van der Waals surface area contributed by atoms with Crippen LogP contribution in [0, 0.1) is 0 Å². The van der Waals surface area contributed by atoms with Crippen molar-refractivity contribution in [2.24, 2.45) is 0 Å². The van der Waals surface area contributed by atoms with E-state index in [1.54, 1.807) is 0 Å². The van der Waals surface area contributed by atoms with Crippen molar-refractivity contribution in [1.29, 1.82) is 0 Å². The highest BCUT2D eigenvalue weighted by molar-refractivity contribution is 5.92. The lowest BCUT2D eigenvalue weighted by Gasteiger charge is -2.29. The zero-order valence-electron chi connectivity index (χ0n) is 12.0.